The highest BCUT2D eigenvalue weighted by atomic mass is 19.4. The lowest BCUT2D eigenvalue weighted by Crippen LogP contribution is -2.44. The number of anilines is 1. The Morgan fingerprint density at radius 2 is 1.92 bits per heavy atom. The third kappa shape index (κ3) is 5.90. The van der Waals surface area contributed by atoms with Crippen LogP contribution in [-0.4, -0.2) is 34.5 Å². The van der Waals surface area contributed by atoms with Crippen LogP contribution in [0.5, 0.6) is 0 Å². The molecule has 1 aromatic carbocycles. The van der Waals surface area contributed by atoms with Crippen molar-refractivity contribution in [1.29, 1.82) is 0 Å². The molecular weight excluding hydrogens is 359 g/mol. The van der Waals surface area contributed by atoms with Crippen molar-refractivity contribution >= 4 is 23.3 Å². The van der Waals surface area contributed by atoms with Crippen LogP contribution in [0.4, 0.5) is 24.5 Å². The maximum atomic E-state index is 12.6. The fourth-order valence-electron chi connectivity index (χ4n) is 2.08. The number of carbonyl (C=O) groups is 2. The minimum Gasteiger partial charge on any atom is -0.480 e. The molecule has 0 aliphatic carbocycles. The minimum atomic E-state index is -4.72. The summed E-state index contributed by atoms with van der Waals surface area (Å²) in [7, 11) is 0. The molecule has 0 aromatic heterocycles. The summed E-state index contributed by atoms with van der Waals surface area (Å²) < 4.78 is 37.9. The zero-order valence-corrected chi connectivity index (χ0v) is 14.0. The lowest BCUT2D eigenvalue weighted by Gasteiger charge is -2.18. The summed E-state index contributed by atoms with van der Waals surface area (Å²) in [6, 6.07) is 0.923. The van der Waals surface area contributed by atoms with E-state index in [9.17, 15) is 32.9 Å². The number of alkyl halides is 3. The van der Waals surface area contributed by atoms with Crippen LogP contribution in [0, 0.1) is 16.0 Å². The van der Waals surface area contributed by atoms with Gasteiger partial charge in [-0.05, 0) is 18.1 Å². The average Bonchev–Trinajstić information content (AvgIpc) is 2.51. The van der Waals surface area contributed by atoms with Crippen molar-refractivity contribution in [2.45, 2.75) is 32.5 Å². The molecule has 11 heteroatoms. The fraction of sp³-hybridized carbons (Fsp3) is 0.467. The number of rotatable bonds is 8. The predicted octanol–water partition coefficient (Wildman–Crippen LogP) is 2.64. The second-order valence-electron chi connectivity index (χ2n) is 5.79. The van der Waals surface area contributed by atoms with Crippen molar-refractivity contribution in [3.8, 4) is 0 Å². The molecule has 0 aliphatic heterocycles. The molecule has 0 bridgehead atoms. The SMILES string of the molecule is CC(C)C(NC(=O)CCNc1ccc(C(F)(F)F)cc1[N+](=O)[O-])C(=O)O. The van der Waals surface area contributed by atoms with E-state index in [1.807, 2.05) is 0 Å². The molecule has 8 nitrogen and oxygen atoms in total. The number of hydrogen-bond acceptors (Lipinski definition) is 5. The molecule has 0 aliphatic rings. The number of nitrogens with zero attached hydrogens (tertiary/aromatic N) is 1. The van der Waals surface area contributed by atoms with Gasteiger partial charge in [-0.25, -0.2) is 4.79 Å². The Bertz CT molecular complexity index is 692. The Kier molecular flexibility index (Phi) is 6.93. The molecule has 1 rings (SSSR count). The lowest BCUT2D eigenvalue weighted by atomic mass is 10.0. The number of hydrogen-bond donors (Lipinski definition) is 3. The first-order valence-corrected chi connectivity index (χ1v) is 7.55. The van der Waals surface area contributed by atoms with Crippen LogP contribution in [0.15, 0.2) is 18.2 Å². The van der Waals surface area contributed by atoms with Gasteiger partial charge in [0.1, 0.15) is 11.7 Å². The van der Waals surface area contributed by atoms with E-state index in [1.54, 1.807) is 13.8 Å². The van der Waals surface area contributed by atoms with E-state index >= 15 is 0 Å². The zero-order chi connectivity index (χ0) is 20.1. The quantitative estimate of drug-likeness (QED) is 0.473. The first-order valence-electron chi connectivity index (χ1n) is 7.55. The zero-order valence-electron chi connectivity index (χ0n) is 14.0. The molecule has 0 spiro atoms. The third-order valence-electron chi connectivity index (χ3n) is 3.44. The van der Waals surface area contributed by atoms with Crippen LogP contribution >= 0.6 is 0 Å². The van der Waals surface area contributed by atoms with E-state index in [0.29, 0.717) is 12.1 Å². The molecule has 26 heavy (non-hydrogen) atoms. The normalized spacial score (nSPS) is 12.5. The summed E-state index contributed by atoms with van der Waals surface area (Å²) >= 11 is 0. The van der Waals surface area contributed by atoms with Crippen LogP contribution in [0.2, 0.25) is 0 Å². The highest BCUT2D eigenvalue weighted by molar-refractivity contribution is 5.84. The Labute approximate surface area is 146 Å². The predicted molar refractivity (Wildman–Crippen MR) is 85.6 cm³/mol. The van der Waals surface area contributed by atoms with Crippen LogP contribution in [-0.2, 0) is 15.8 Å². The summed E-state index contributed by atoms with van der Waals surface area (Å²) in [5.41, 5.74) is -2.10. The summed E-state index contributed by atoms with van der Waals surface area (Å²) in [6.45, 7) is 3.11. The number of carboxylic acid groups (broad SMARTS) is 1. The second-order valence-corrected chi connectivity index (χ2v) is 5.79. The Morgan fingerprint density at radius 3 is 2.38 bits per heavy atom. The maximum absolute atomic E-state index is 12.6. The van der Waals surface area contributed by atoms with Gasteiger partial charge in [0.05, 0.1) is 10.5 Å². The van der Waals surface area contributed by atoms with Crippen LogP contribution in [0.1, 0.15) is 25.8 Å². The molecule has 0 heterocycles. The Balaban J connectivity index is 2.74. The van der Waals surface area contributed by atoms with E-state index in [2.05, 4.69) is 10.6 Å². The number of amides is 1. The van der Waals surface area contributed by atoms with E-state index in [-0.39, 0.29) is 24.6 Å². The summed E-state index contributed by atoms with van der Waals surface area (Å²) in [4.78, 5) is 32.8. The standard InChI is InChI=1S/C15H18F3N3O5/c1-8(2)13(14(23)24)20-12(22)5-6-19-10-4-3-9(15(16,17)18)7-11(10)21(25)26/h3-4,7-8,13,19H,5-6H2,1-2H3,(H,20,22)(H,23,24). The third-order valence-corrected chi connectivity index (χ3v) is 3.44. The largest absolute Gasteiger partial charge is 0.480 e. The van der Waals surface area contributed by atoms with Crippen molar-refractivity contribution in [3.05, 3.63) is 33.9 Å². The average molecular weight is 377 g/mol. The van der Waals surface area contributed by atoms with Crippen molar-refractivity contribution in [3.63, 3.8) is 0 Å². The molecule has 1 atom stereocenters. The number of nitrogens with one attached hydrogen (secondary N) is 2. The number of benzene rings is 1. The number of halogens is 3. The smallest absolute Gasteiger partial charge is 0.416 e. The van der Waals surface area contributed by atoms with Gasteiger partial charge in [0.25, 0.3) is 5.69 Å². The lowest BCUT2D eigenvalue weighted by molar-refractivity contribution is -0.384. The van der Waals surface area contributed by atoms with Gasteiger partial charge < -0.3 is 15.7 Å². The van der Waals surface area contributed by atoms with Crippen molar-refractivity contribution in [1.82, 2.24) is 5.32 Å². The number of aliphatic carboxylic acids is 1. The maximum Gasteiger partial charge on any atom is 0.416 e. The molecule has 1 unspecified atom stereocenters. The topological polar surface area (TPSA) is 122 Å². The Hall–Kier alpha value is -2.85. The molecular formula is C15H18F3N3O5. The molecule has 1 aromatic rings. The highest BCUT2D eigenvalue weighted by Gasteiger charge is 2.33. The monoisotopic (exact) mass is 377 g/mol. The minimum absolute atomic E-state index is 0.123. The highest BCUT2D eigenvalue weighted by Crippen LogP contribution is 2.34. The van der Waals surface area contributed by atoms with E-state index in [1.165, 1.54) is 0 Å². The molecule has 0 saturated carbocycles. The number of carboxylic acids is 1. The van der Waals surface area contributed by atoms with Gasteiger partial charge in [-0.1, -0.05) is 13.8 Å². The fourth-order valence-corrected chi connectivity index (χ4v) is 2.08. The number of carbonyl (C=O) groups excluding carboxylic acids is 1. The first-order chi connectivity index (χ1) is 11.9. The van der Waals surface area contributed by atoms with Gasteiger partial charge in [0.2, 0.25) is 5.91 Å². The first kappa shape index (κ1) is 21.2. The van der Waals surface area contributed by atoms with Crippen LogP contribution in [0.25, 0.3) is 0 Å². The van der Waals surface area contributed by atoms with E-state index in [4.69, 9.17) is 5.11 Å². The van der Waals surface area contributed by atoms with E-state index < -0.39 is 40.3 Å². The van der Waals surface area contributed by atoms with Crippen molar-refractivity contribution in [2.24, 2.45) is 5.92 Å². The van der Waals surface area contributed by atoms with Gasteiger partial charge in [-0.15, -0.1) is 0 Å². The van der Waals surface area contributed by atoms with Gasteiger partial charge >= 0.3 is 12.1 Å². The molecule has 0 fully saturated rings. The summed E-state index contributed by atoms with van der Waals surface area (Å²) in [5.74, 6) is -2.15. The molecule has 3 N–H and O–H groups in total. The summed E-state index contributed by atoms with van der Waals surface area (Å²) in [6.07, 6.45) is -4.93. The van der Waals surface area contributed by atoms with Gasteiger partial charge in [0, 0.05) is 19.0 Å². The van der Waals surface area contributed by atoms with Gasteiger partial charge in [0.15, 0.2) is 0 Å². The van der Waals surface area contributed by atoms with Crippen molar-refractivity contribution < 1.29 is 32.8 Å². The molecule has 0 saturated heterocycles. The molecule has 0 radical (unpaired) electrons. The van der Waals surface area contributed by atoms with E-state index in [0.717, 1.165) is 6.07 Å². The number of nitro groups is 1. The van der Waals surface area contributed by atoms with Crippen LogP contribution in [0.3, 0.4) is 0 Å². The molecule has 144 valence electrons. The van der Waals surface area contributed by atoms with Crippen LogP contribution < -0.4 is 10.6 Å². The van der Waals surface area contributed by atoms with Crippen molar-refractivity contribution in [2.75, 3.05) is 11.9 Å². The Morgan fingerprint density at radius 1 is 1.31 bits per heavy atom. The summed E-state index contributed by atoms with van der Waals surface area (Å²) in [5, 5.41) is 24.8. The second kappa shape index (κ2) is 8.50. The van der Waals surface area contributed by atoms with Gasteiger partial charge in [-0.3, -0.25) is 14.9 Å². The van der Waals surface area contributed by atoms with Gasteiger partial charge in [-0.2, -0.15) is 13.2 Å². The molecule has 1 amide bonds. The number of nitro benzene ring substituents is 1.